The fourth-order valence-corrected chi connectivity index (χ4v) is 5.21. The molecule has 4 rings (SSSR count). The van der Waals surface area contributed by atoms with Crippen molar-refractivity contribution in [1.82, 2.24) is 9.88 Å². The van der Waals surface area contributed by atoms with Crippen molar-refractivity contribution in [3.8, 4) is 5.75 Å². The molecule has 1 aromatic heterocycles. The number of rotatable bonds is 8. The highest BCUT2D eigenvalue weighted by molar-refractivity contribution is 8.01. The summed E-state index contributed by atoms with van der Waals surface area (Å²) in [5.41, 5.74) is 2.39. The molecule has 0 aliphatic carbocycles. The minimum Gasteiger partial charge on any atom is -0.497 e. The Hall–Kier alpha value is -3.11. The molecule has 0 spiro atoms. The summed E-state index contributed by atoms with van der Waals surface area (Å²) in [6.07, 6.45) is 0.242. The molecule has 1 aliphatic heterocycles. The van der Waals surface area contributed by atoms with Gasteiger partial charge in [-0.2, -0.15) is 0 Å². The molecular formula is C24H25FN4O3S2. The average Bonchev–Trinajstić information content (AvgIpc) is 3.31. The minimum absolute atomic E-state index is 0.0397. The number of methoxy groups -OCH3 is 1. The zero-order chi connectivity index (χ0) is 23.9. The van der Waals surface area contributed by atoms with Gasteiger partial charge in [0.05, 0.1) is 25.0 Å². The Morgan fingerprint density at radius 2 is 1.79 bits per heavy atom. The summed E-state index contributed by atoms with van der Waals surface area (Å²) < 4.78 is 19.0. The molecule has 7 nitrogen and oxygen atoms in total. The normalized spacial score (nSPS) is 13.6. The maximum absolute atomic E-state index is 13.1. The van der Waals surface area contributed by atoms with Gasteiger partial charge in [0.2, 0.25) is 11.8 Å². The van der Waals surface area contributed by atoms with E-state index in [0.29, 0.717) is 37.6 Å². The van der Waals surface area contributed by atoms with E-state index in [1.807, 2.05) is 10.3 Å². The highest BCUT2D eigenvalue weighted by Gasteiger charge is 2.22. The van der Waals surface area contributed by atoms with Gasteiger partial charge in [0.25, 0.3) is 0 Å². The lowest BCUT2D eigenvalue weighted by atomic mass is 10.2. The van der Waals surface area contributed by atoms with Gasteiger partial charge in [0, 0.05) is 42.9 Å². The van der Waals surface area contributed by atoms with E-state index in [-0.39, 0.29) is 29.8 Å². The van der Waals surface area contributed by atoms with Gasteiger partial charge in [-0.05, 0) is 48.5 Å². The van der Waals surface area contributed by atoms with E-state index < -0.39 is 0 Å². The molecule has 2 amide bonds. The standard InChI is InChI=1S/C24H25FN4O3S2/c1-32-21-8-4-18(5-9-21)26-22(30)16-34-24-27-19(15-33-24)14-23(31)29-12-10-28(11-13-29)20-6-2-17(25)3-7-20/h2-9,15H,10-14,16H2,1H3,(H,26,30). The molecule has 2 aromatic carbocycles. The van der Waals surface area contributed by atoms with E-state index >= 15 is 0 Å². The fraction of sp³-hybridized carbons (Fsp3) is 0.292. The second kappa shape index (κ2) is 11.3. The number of hydrogen-bond acceptors (Lipinski definition) is 7. The van der Waals surface area contributed by atoms with E-state index in [2.05, 4.69) is 15.2 Å². The van der Waals surface area contributed by atoms with Crippen LogP contribution in [-0.2, 0) is 16.0 Å². The smallest absolute Gasteiger partial charge is 0.234 e. The number of nitrogens with zero attached hydrogens (tertiary/aromatic N) is 3. The van der Waals surface area contributed by atoms with Gasteiger partial charge in [0.1, 0.15) is 11.6 Å². The van der Waals surface area contributed by atoms with E-state index in [1.165, 1.54) is 35.2 Å². The molecule has 0 atom stereocenters. The van der Waals surface area contributed by atoms with Crippen molar-refractivity contribution in [2.75, 3.05) is 49.3 Å². The Morgan fingerprint density at radius 1 is 1.09 bits per heavy atom. The van der Waals surface area contributed by atoms with Crippen molar-refractivity contribution in [2.45, 2.75) is 10.8 Å². The quantitative estimate of drug-likeness (QED) is 0.473. The van der Waals surface area contributed by atoms with Crippen LogP contribution in [-0.4, -0.2) is 60.7 Å². The first-order valence-corrected chi connectivity index (χ1v) is 12.7. The lowest BCUT2D eigenvalue weighted by molar-refractivity contribution is -0.130. The molecule has 2 heterocycles. The molecule has 0 radical (unpaired) electrons. The van der Waals surface area contributed by atoms with Crippen molar-refractivity contribution < 1.29 is 18.7 Å². The Bertz CT molecular complexity index is 1110. The zero-order valence-corrected chi connectivity index (χ0v) is 20.3. The number of aromatic nitrogens is 1. The first kappa shape index (κ1) is 24.0. The van der Waals surface area contributed by atoms with Crippen LogP contribution in [0.25, 0.3) is 0 Å². The Kier molecular flexibility index (Phi) is 8.02. The molecule has 10 heteroatoms. The van der Waals surface area contributed by atoms with Crippen LogP contribution < -0.4 is 15.0 Å². The van der Waals surface area contributed by atoms with Crippen LogP contribution in [0.4, 0.5) is 15.8 Å². The first-order chi connectivity index (χ1) is 16.5. The maximum Gasteiger partial charge on any atom is 0.234 e. The molecule has 1 N–H and O–H groups in total. The number of thiazole rings is 1. The van der Waals surface area contributed by atoms with Gasteiger partial charge < -0.3 is 19.9 Å². The summed E-state index contributed by atoms with van der Waals surface area (Å²) >= 11 is 2.79. The van der Waals surface area contributed by atoms with Crippen LogP contribution in [0.15, 0.2) is 58.3 Å². The van der Waals surface area contributed by atoms with Crippen molar-refractivity contribution in [2.24, 2.45) is 0 Å². The predicted molar refractivity (Wildman–Crippen MR) is 133 cm³/mol. The molecular weight excluding hydrogens is 475 g/mol. The Morgan fingerprint density at radius 3 is 2.47 bits per heavy atom. The number of piperazine rings is 1. The van der Waals surface area contributed by atoms with E-state index in [1.54, 1.807) is 43.5 Å². The molecule has 1 saturated heterocycles. The predicted octanol–water partition coefficient (Wildman–Crippen LogP) is 3.91. The number of benzene rings is 2. The highest BCUT2D eigenvalue weighted by atomic mass is 32.2. The molecule has 0 bridgehead atoms. The SMILES string of the molecule is COc1ccc(NC(=O)CSc2nc(CC(=O)N3CCN(c4ccc(F)cc4)CC3)cs2)cc1. The van der Waals surface area contributed by atoms with Crippen molar-refractivity contribution >= 4 is 46.3 Å². The summed E-state index contributed by atoms with van der Waals surface area (Å²) in [4.78, 5) is 33.4. The Labute approximate surface area is 205 Å². The van der Waals surface area contributed by atoms with Gasteiger partial charge >= 0.3 is 0 Å². The lowest BCUT2D eigenvalue weighted by Gasteiger charge is -2.36. The largest absolute Gasteiger partial charge is 0.497 e. The van der Waals surface area contributed by atoms with Crippen LogP contribution in [0.2, 0.25) is 0 Å². The van der Waals surface area contributed by atoms with Crippen LogP contribution >= 0.6 is 23.1 Å². The number of amides is 2. The van der Waals surface area contributed by atoms with Gasteiger partial charge in [-0.25, -0.2) is 9.37 Å². The molecule has 3 aromatic rings. The number of nitrogens with one attached hydrogen (secondary N) is 1. The third-order valence-corrected chi connectivity index (χ3v) is 7.46. The monoisotopic (exact) mass is 500 g/mol. The summed E-state index contributed by atoms with van der Waals surface area (Å²) in [5, 5.41) is 4.71. The number of anilines is 2. The molecule has 178 valence electrons. The number of carbonyl (C=O) groups excluding carboxylic acids is 2. The van der Waals surface area contributed by atoms with E-state index in [4.69, 9.17) is 4.74 Å². The summed E-state index contributed by atoms with van der Waals surface area (Å²) in [6, 6.07) is 13.6. The van der Waals surface area contributed by atoms with Gasteiger partial charge in [0.15, 0.2) is 4.34 Å². The number of halogens is 1. The second-order valence-electron chi connectivity index (χ2n) is 7.69. The van der Waals surface area contributed by atoms with Crippen LogP contribution in [0.1, 0.15) is 5.69 Å². The average molecular weight is 501 g/mol. The zero-order valence-electron chi connectivity index (χ0n) is 18.7. The fourth-order valence-electron chi connectivity index (χ4n) is 3.57. The Balaban J connectivity index is 1.20. The summed E-state index contributed by atoms with van der Waals surface area (Å²) in [7, 11) is 1.59. The highest BCUT2D eigenvalue weighted by Crippen LogP contribution is 2.24. The maximum atomic E-state index is 13.1. The van der Waals surface area contributed by atoms with Crippen molar-refractivity contribution in [1.29, 1.82) is 0 Å². The first-order valence-electron chi connectivity index (χ1n) is 10.8. The number of hydrogen-bond donors (Lipinski definition) is 1. The topological polar surface area (TPSA) is 74.8 Å². The molecule has 0 unspecified atom stereocenters. The van der Waals surface area contributed by atoms with E-state index in [9.17, 15) is 14.0 Å². The van der Waals surface area contributed by atoms with Gasteiger partial charge in [-0.3, -0.25) is 9.59 Å². The lowest BCUT2D eigenvalue weighted by Crippen LogP contribution is -2.49. The van der Waals surface area contributed by atoms with Crippen LogP contribution in [0.3, 0.4) is 0 Å². The molecule has 0 saturated carbocycles. The third kappa shape index (κ3) is 6.48. The molecule has 34 heavy (non-hydrogen) atoms. The summed E-state index contributed by atoms with van der Waals surface area (Å²) in [6.45, 7) is 2.65. The van der Waals surface area contributed by atoms with Crippen LogP contribution in [0.5, 0.6) is 5.75 Å². The number of ether oxygens (including phenoxy) is 1. The minimum atomic E-state index is -0.253. The second-order valence-corrected chi connectivity index (χ2v) is 9.77. The van der Waals surface area contributed by atoms with Gasteiger partial charge in [-0.15, -0.1) is 11.3 Å². The van der Waals surface area contributed by atoms with Crippen molar-refractivity contribution in [3.63, 3.8) is 0 Å². The molecule has 1 aliphatic rings. The number of carbonyl (C=O) groups is 2. The molecule has 1 fully saturated rings. The van der Waals surface area contributed by atoms with Crippen molar-refractivity contribution in [3.05, 3.63) is 65.4 Å². The number of thioether (sulfide) groups is 1. The summed E-state index contributed by atoms with van der Waals surface area (Å²) in [5.74, 6) is 0.626. The van der Waals surface area contributed by atoms with Gasteiger partial charge in [-0.1, -0.05) is 11.8 Å². The van der Waals surface area contributed by atoms with Crippen LogP contribution in [0, 0.1) is 5.82 Å². The third-order valence-electron chi connectivity index (χ3n) is 5.39. The van der Waals surface area contributed by atoms with E-state index in [0.717, 1.165) is 15.8 Å².